The van der Waals surface area contributed by atoms with Gasteiger partial charge in [-0.25, -0.2) is 4.39 Å². The Bertz CT molecular complexity index is 473. The summed E-state index contributed by atoms with van der Waals surface area (Å²) in [4.78, 5) is 17.4. The van der Waals surface area contributed by atoms with Crippen LogP contribution in [0, 0.1) is 5.82 Å². The van der Waals surface area contributed by atoms with Gasteiger partial charge in [-0.05, 0) is 30.9 Å². The molecule has 1 aromatic heterocycles. The molecular weight excluding hydrogens is 259 g/mol. The Morgan fingerprint density at radius 2 is 2.15 bits per heavy atom. The van der Waals surface area contributed by atoms with Crippen LogP contribution < -0.4 is 0 Å². The molecule has 0 radical (unpaired) electrons. The number of pyridine rings is 1. The minimum Gasteiger partial charge on any atom is -0.388 e. The summed E-state index contributed by atoms with van der Waals surface area (Å²) < 4.78 is 13.0. The average molecular weight is 280 g/mol. The Hall–Kier alpha value is -1.49. The van der Waals surface area contributed by atoms with Gasteiger partial charge in [0.2, 0.25) is 5.91 Å². The monoisotopic (exact) mass is 280 g/mol. The summed E-state index contributed by atoms with van der Waals surface area (Å²) in [5.41, 5.74) is -0.00325. The number of likely N-dealkylation sites (N-methyl/N-ethyl adjacent to an activating group) is 1. The third kappa shape index (κ3) is 4.00. The first-order valence-corrected chi connectivity index (χ1v) is 7.04. The van der Waals surface area contributed by atoms with E-state index in [1.165, 1.54) is 6.07 Å². The number of rotatable bonds is 5. The molecule has 1 heterocycles. The minimum absolute atomic E-state index is 0.0328. The van der Waals surface area contributed by atoms with E-state index in [9.17, 15) is 14.3 Å². The molecule has 1 amide bonds. The molecule has 1 aliphatic carbocycles. The zero-order valence-electron chi connectivity index (χ0n) is 11.8. The van der Waals surface area contributed by atoms with Gasteiger partial charge in [0.05, 0.1) is 11.8 Å². The van der Waals surface area contributed by atoms with Crippen molar-refractivity contribution in [3.8, 4) is 0 Å². The number of carbonyl (C=O) groups excluding carboxylic acids is 1. The van der Waals surface area contributed by atoms with Crippen LogP contribution in [-0.2, 0) is 11.2 Å². The van der Waals surface area contributed by atoms with E-state index in [0.717, 1.165) is 31.9 Å². The Balaban J connectivity index is 1.82. The molecule has 0 bridgehead atoms. The number of amides is 1. The number of hydrogen-bond acceptors (Lipinski definition) is 3. The van der Waals surface area contributed by atoms with Gasteiger partial charge in [0.1, 0.15) is 5.82 Å². The van der Waals surface area contributed by atoms with Gasteiger partial charge in [-0.15, -0.1) is 0 Å². The summed E-state index contributed by atoms with van der Waals surface area (Å²) in [5.74, 6) is -0.418. The maximum absolute atomic E-state index is 13.0. The second kappa shape index (κ2) is 6.31. The van der Waals surface area contributed by atoms with Gasteiger partial charge < -0.3 is 10.0 Å². The van der Waals surface area contributed by atoms with E-state index in [1.807, 2.05) is 0 Å². The Morgan fingerprint density at radius 1 is 1.45 bits per heavy atom. The van der Waals surface area contributed by atoms with Crippen molar-refractivity contribution < 1.29 is 14.3 Å². The summed E-state index contributed by atoms with van der Waals surface area (Å²) >= 11 is 0. The molecule has 4 nitrogen and oxygen atoms in total. The summed E-state index contributed by atoms with van der Waals surface area (Å²) in [6, 6.07) is 1.39. The van der Waals surface area contributed by atoms with E-state index in [0.29, 0.717) is 24.9 Å². The van der Waals surface area contributed by atoms with Crippen LogP contribution in [-0.4, -0.2) is 40.1 Å². The lowest BCUT2D eigenvalue weighted by atomic mass is 10.0. The molecule has 1 saturated carbocycles. The molecule has 1 aromatic rings. The minimum atomic E-state index is -0.717. The van der Waals surface area contributed by atoms with Crippen molar-refractivity contribution in [1.29, 1.82) is 0 Å². The van der Waals surface area contributed by atoms with Crippen LogP contribution in [0.1, 0.15) is 37.7 Å². The lowest BCUT2D eigenvalue weighted by molar-refractivity contribution is -0.133. The molecule has 0 aromatic carbocycles. The average Bonchev–Trinajstić information content (AvgIpc) is 2.82. The largest absolute Gasteiger partial charge is 0.388 e. The molecule has 0 saturated heterocycles. The SMILES string of the molecule is CN(CC1(O)CCCC1)C(=O)CCc1cncc(F)c1. The molecule has 0 unspecified atom stereocenters. The summed E-state index contributed by atoms with van der Waals surface area (Å²) in [6.07, 6.45) is 7.05. The van der Waals surface area contributed by atoms with Gasteiger partial charge >= 0.3 is 0 Å². The van der Waals surface area contributed by atoms with Crippen LogP contribution >= 0.6 is 0 Å². The van der Waals surface area contributed by atoms with Gasteiger partial charge in [0.15, 0.2) is 0 Å². The van der Waals surface area contributed by atoms with E-state index < -0.39 is 5.60 Å². The molecule has 5 heteroatoms. The number of aryl methyl sites for hydroxylation is 1. The van der Waals surface area contributed by atoms with Crippen LogP contribution in [0.5, 0.6) is 0 Å². The standard InChI is InChI=1S/C15H21FN2O2/c1-18(11-15(20)6-2-3-7-15)14(19)5-4-12-8-13(16)10-17-9-12/h8-10,20H,2-7,11H2,1H3. The number of carbonyl (C=O) groups is 1. The van der Waals surface area contributed by atoms with Crippen molar-refractivity contribution in [2.75, 3.05) is 13.6 Å². The van der Waals surface area contributed by atoms with E-state index in [2.05, 4.69) is 4.98 Å². The lowest BCUT2D eigenvalue weighted by Crippen LogP contribution is -2.42. The third-order valence-corrected chi connectivity index (χ3v) is 3.88. The van der Waals surface area contributed by atoms with E-state index in [1.54, 1.807) is 18.1 Å². The number of nitrogens with zero attached hydrogens (tertiary/aromatic N) is 2. The fourth-order valence-corrected chi connectivity index (χ4v) is 2.76. The van der Waals surface area contributed by atoms with E-state index >= 15 is 0 Å². The molecule has 1 aliphatic rings. The first-order chi connectivity index (χ1) is 9.48. The maximum atomic E-state index is 13.0. The van der Waals surface area contributed by atoms with Crippen LogP contribution in [0.2, 0.25) is 0 Å². The molecule has 0 spiro atoms. The fraction of sp³-hybridized carbons (Fsp3) is 0.600. The van der Waals surface area contributed by atoms with Crippen molar-refractivity contribution in [2.24, 2.45) is 0 Å². The fourth-order valence-electron chi connectivity index (χ4n) is 2.76. The Morgan fingerprint density at radius 3 is 2.80 bits per heavy atom. The smallest absolute Gasteiger partial charge is 0.222 e. The van der Waals surface area contributed by atoms with E-state index in [-0.39, 0.29) is 11.7 Å². The van der Waals surface area contributed by atoms with Crippen LogP contribution in [0.4, 0.5) is 4.39 Å². The summed E-state index contributed by atoms with van der Waals surface area (Å²) in [5, 5.41) is 10.3. The predicted octanol–water partition coefficient (Wildman–Crippen LogP) is 1.92. The van der Waals surface area contributed by atoms with Gasteiger partial charge in [0.25, 0.3) is 0 Å². The van der Waals surface area contributed by atoms with Crippen molar-refractivity contribution >= 4 is 5.91 Å². The Kier molecular flexibility index (Phi) is 4.70. The molecule has 20 heavy (non-hydrogen) atoms. The van der Waals surface area contributed by atoms with Crippen molar-refractivity contribution in [3.05, 3.63) is 29.8 Å². The van der Waals surface area contributed by atoms with Gasteiger partial charge in [-0.1, -0.05) is 12.8 Å². The van der Waals surface area contributed by atoms with Crippen molar-refractivity contribution in [3.63, 3.8) is 0 Å². The van der Waals surface area contributed by atoms with Gasteiger partial charge in [0, 0.05) is 26.2 Å². The molecule has 0 aliphatic heterocycles. The zero-order valence-corrected chi connectivity index (χ0v) is 11.8. The van der Waals surface area contributed by atoms with Crippen molar-refractivity contribution in [2.45, 2.75) is 44.1 Å². The third-order valence-electron chi connectivity index (χ3n) is 3.88. The molecule has 0 atom stereocenters. The quantitative estimate of drug-likeness (QED) is 0.896. The van der Waals surface area contributed by atoms with Crippen molar-refractivity contribution in [1.82, 2.24) is 9.88 Å². The number of aliphatic hydroxyl groups is 1. The first-order valence-electron chi connectivity index (χ1n) is 7.04. The maximum Gasteiger partial charge on any atom is 0.222 e. The topological polar surface area (TPSA) is 53.4 Å². The molecule has 2 rings (SSSR count). The second-order valence-electron chi connectivity index (χ2n) is 5.69. The van der Waals surface area contributed by atoms with Gasteiger partial charge in [-0.3, -0.25) is 9.78 Å². The number of halogens is 1. The lowest BCUT2D eigenvalue weighted by Gasteiger charge is -2.28. The van der Waals surface area contributed by atoms with E-state index in [4.69, 9.17) is 0 Å². The molecule has 110 valence electrons. The molecule has 1 fully saturated rings. The zero-order chi connectivity index (χ0) is 14.6. The highest BCUT2D eigenvalue weighted by molar-refractivity contribution is 5.76. The first kappa shape index (κ1) is 14.9. The summed E-state index contributed by atoms with van der Waals surface area (Å²) in [7, 11) is 1.71. The van der Waals surface area contributed by atoms with Crippen LogP contribution in [0.25, 0.3) is 0 Å². The Labute approximate surface area is 118 Å². The predicted molar refractivity (Wildman–Crippen MR) is 73.6 cm³/mol. The number of aromatic nitrogens is 1. The molecule has 1 N–H and O–H groups in total. The van der Waals surface area contributed by atoms with Crippen LogP contribution in [0.15, 0.2) is 18.5 Å². The normalized spacial score (nSPS) is 17.1. The molecular formula is C15H21FN2O2. The van der Waals surface area contributed by atoms with Gasteiger partial charge in [-0.2, -0.15) is 0 Å². The second-order valence-corrected chi connectivity index (χ2v) is 5.69. The highest BCUT2D eigenvalue weighted by Crippen LogP contribution is 2.30. The number of hydrogen-bond donors (Lipinski definition) is 1. The highest BCUT2D eigenvalue weighted by atomic mass is 19.1. The van der Waals surface area contributed by atoms with Crippen LogP contribution in [0.3, 0.4) is 0 Å². The highest BCUT2D eigenvalue weighted by Gasteiger charge is 2.33. The summed E-state index contributed by atoms with van der Waals surface area (Å²) in [6.45, 7) is 0.382.